The Bertz CT molecular complexity index is 695. The molecule has 0 atom stereocenters. The zero-order valence-electron chi connectivity index (χ0n) is 12.6. The van der Waals surface area contributed by atoms with Gasteiger partial charge in [0.15, 0.2) is 11.5 Å². The zero-order valence-corrected chi connectivity index (χ0v) is 12.6. The van der Waals surface area contributed by atoms with Crippen LogP contribution in [0.3, 0.4) is 0 Å². The Morgan fingerprint density at radius 2 is 1.55 bits per heavy atom. The molecule has 0 amide bonds. The number of phenols is 1. The number of halogens is 1. The predicted molar refractivity (Wildman–Crippen MR) is 83.1 cm³/mol. The lowest BCUT2D eigenvalue weighted by Gasteiger charge is -2.08. The average molecular weight is 304 g/mol. The summed E-state index contributed by atoms with van der Waals surface area (Å²) >= 11 is 0. The molecule has 0 spiro atoms. The van der Waals surface area contributed by atoms with E-state index in [1.54, 1.807) is 44.6 Å². The van der Waals surface area contributed by atoms with Crippen LogP contribution in [0.2, 0.25) is 0 Å². The van der Waals surface area contributed by atoms with Crippen LogP contribution in [-0.4, -0.2) is 26.4 Å². The van der Waals surface area contributed by atoms with Gasteiger partial charge in [0.25, 0.3) is 0 Å². The first-order valence-corrected chi connectivity index (χ1v) is 6.55. The monoisotopic (exact) mass is 304 g/mol. The third-order valence-electron chi connectivity index (χ3n) is 3.18. The number of rotatable bonds is 5. The summed E-state index contributed by atoms with van der Waals surface area (Å²) < 4.78 is 29.2. The van der Waals surface area contributed by atoms with Crippen molar-refractivity contribution in [2.24, 2.45) is 0 Å². The highest BCUT2D eigenvalue weighted by atomic mass is 19.1. The quantitative estimate of drug-likeness (QED) is 0.855. The van der Waals surface area contributed by atoms with Crippen molar-refractivity contribution in [1.29, 1.82) is 0 Å². The van der Waals surface area contributed by atoms with Crippen molar-refractivity contribution in [2.45, 2.75) is 0 Å². The first-order chi connectivity index (χ1) is 10.6. The highest BCUT2D eigenvalue weighted by Crippen LogP contribution is 2.31. The number of phenolic OH excluding ortho intramolecular Hbond substituents is 1. The molecule has 0 aliphatic heterocycles. The van der Waals surface area contributed by atoms with Gasteiger partial charge >= 0.3 is 0 Å². The summed E-state index contributed by atoms with van der Waals surface area (Å²) in [5.41, 5.74) is 0.972. The van der Waals surface area contributed by atoms with Gasteiger partial charge in [0.1, 0.15) is 17.3 Å². The van der Waals surface area contributed by atoms with Crippen LogP contribution in [0.25, 0.3) is 12.2 Å². The highest BCUT2D eigenvalue weighted by molar-refractivity contribution is 5.74. The molecule has 5 heteroatoms. The van der Waals surface area contributed by atoms with Crippen molar-refractivity contribution < 1.29 is 23.7 Å². The third kappa shape index (κ3) is 3.31. The second kappa shape index (κ2) is 6.85. The standard InChI is InChI=1S/C17H17FO4/c1-20-13-6-7-16(21-2)12(8-13)5-4-11-9-15(19)17(22-3)10-14(11)18/h4-10,19H,1-3H3/b5-4+. The van der Waals surface area contributed by atoms with Gasteiger partial charge in [0.2, 0.25) is 0 Å². The largest absolute Gasteiger partial charge is 0.504 e. The zero-order chi connectivity index (χ0) is 16.1. The maximum atomic E-state index is 13.9. The molecule has 0 heterocycles. The van der Waals surface area contributed by atoms with E-state index in [-0.39, 0.29) is 17.1 Å². The molecule has 22 heavy (non-hydrogen) atoms. The SMILES string of the molecule is COc1ccc(OC)c(/C=C/c2cc(O)c(OC)cc2F)c1. The van der Waals surface area contributed by atoms with Gasteiger partial charge < -0.3 is 19.3 Å². The number of benzene rings is 2. The van der Waals surface area contributed by atoms with E-state index in [0.717, 1.165) is 11.6 Å². The van der Waals surface area contributed by atoms with Gasteiger partial charge in [-0.15, -0.1) is 0 Å². The van der Waals surface area contributed by atoms with Crippen LogP contribution in [-0.2, 0) is 0 Å². The molecule has 0 unspecified atom stereocenters. The predicted octanol–water partition coefficient (Wildman–Crippen LogP) is 3.73. The number of ether oxygens (including phenoxy) is 3. The molecular formula is C17H17FO4. The minimum atomic E-state index is -0.493. The topological polar surface area (TPSA) is 47.9 Å². The molecule has 0 aromatic heterocycles. The first-order valence-electron chi connectivity index (χ1n) is 6.55. The Balaban J connectivity index is 2.38. The van der Waals surface area contributed by atoms with Crippen molar-refractivity contribution in [3.05, 3.63) is 47.3 Å². The summed E-state index contributed by atoms with van der Waals surface area (Å²) in [7, 11) is 4.49. The van der Waals surface area contributed by atoms with Crippen LogP contribution in [0.4, 0.5) is 4.39 Å². The third-order valence-corrected chi connectivity index (χ3v) is 3.18. The summed E-state index contributed by atoms with van der Waals surface area (Å²) in [6.45, 7) is 0. The lowest BCUT2D eigenvalue weighted by molar-refractivity contribution is 0.370. The average Bonchev–Trinajstić information content (AvgIpc) is 2.54. The van der Waals surface area contributed by atoms with Crippen molar-refractivity contribution >= 4 is 12.2 Å². The van der Waals surface area contributed by atoms with Crippen LogP contribution in [0, 0.1) is 5.82 Å². The molecule has 0 saturated heterocycles. The molecular weight excluding hydrogens is 287 g/mol. The molecule has 0 saturated carbocycles. The first kappa shape index (κ1) is 15.7. The Morgan fingerprint density at radius 1 is 0.864 bits per heavy atom. The Kier molecular flexibility index (Phi) is 4.88. The van der Waals surface area contributed by atoms with E-state index >= 15 is 0 Å². The number of methoxy groups -OCH3 is 3. The van der Waals surface area contributed by atoms with Gasteiger partial charge in [-0.3, -0.25) is 0 Å². The van der Waals surface area contributed by atoms with Crippen molar-refractivity contribution in [3.63, 3.8) is 0 Å². The molecule has 1 N–H and O–H groups in total. The molecule has 0 aliphatic rings. The van der Waals surface area contributed by atoms with E-state index in [1.165, 1.54) is 13.2 Å². The van der Waals surface area contributed by atoms with E-state index < -0.39 is 5.82 Å². The molecule has 2 aromatic carbocycles. The maximum absolute atomic E-state index is 13.9. The Morgan fingerprint density at radius 3 is 2.18 bits per heavy atom. The van der Waals surface area contributed by atoms with Crippen LogP contribution >= 0.6 is 0 Å². The van der Waals surface area contributed by atoms with Gasteiger partial charge in [0.05, 0.1) is 21.3 Å². The van der Waals surface area contributed by atoms with E-state index in [4.69, 9.17) is 14.2 Å². The fourth-order valence-corrected chi connectivity index (χ4v) is 2.00. The molecule has 4 nitrogen and oxygen atoms in total. The molecule has 2 rings (SSSR count). The van der Waals surface area contributed by atoms with Crippen LogP contribution < -0.4 is 14.2 Å². The molecule has 0 radical (unpaired) electrons. The number of hydrogen-bond donors (Lipinski definition) is 1. The molecule has 0 fully saturated rings. The van der Waals surface area contributed by atoms with Gasteiger partial charge in [-0.25, -0.2) is 4.39 Å². The Hall–Kier alpha value is -2.69. The lowest BCUT2D eigenvalue weighted by Crippen LogP contribution is -1.90. The highest BCUT2D eigenvalue weighted by Gasteiger charge is 2.08. The van der Waals surface area contributed by atoms with Gasteiger partial charge in [0, 0.05) is 17.2 Å². The van der Waals surface area contributed by atoms with Gasteiger partial charge in [-0.1, -0.05) is 12.2 Å². The number of hydrogen-bond acceptors (Lipinski definition) is 4. The van der Waals surface area contributed by atoms with Gasteiger partial charge in [-0.2, -0.15) is 0 Å². The van der Waals surface area contributed by atoms with E-state index in [9.17, 15) is 9.50 Å². The second-order valence-electron chi connectivity index (χ2n) is 4.49. The summed E-state index contributed by atoms with van der Waals surface area (Å²) in [4.78, 5) is 0. The summed E-state index contributed by atoms with van der Waals surface area (Å²) in [6.07, 6.45) is 3.23. The normalized spacial score (nSPS) is 10.7. The summed E-state index contributed by atoms with van der Waals surface area (Å²) in [5.74, 6) is 0.774. The fraction of sp³-hybridized carbons (Fsp3) is 0.176. The molecule has 0 bridgehead atoms. The van der Waals surface area contributed by atoms with Crippen molar-refractivity contribution in [2.75, 3.05) is 21.3 Å². The number of aromatic hydroxyl groups is 1. The van der Waals surface area contributed by atoms with Crippen LogP contribution in [0.1, 0.15) is 11.1 Å². The maximum Gasteiger partial charge on any atom is 0.163 e. The summed E-state index contributed by atoms with van der Waals surface area (Å²) in [5, 5.41) is 9.73. The minimum absolute atomic E-state index is 0.0913. The van der Waals surface area contributed by atoms with E-state index in [2.05, 4.69) is 0 Å². The van der Waals surface area contributed by atoms with Crippen molar-refractivity contribution in [3.8, 4) is 23.0 Å². The minimum Gasteiger partial charge on any atom is -0.504 e. The fourth-order valence-electron chi connectivity index (χ4n) is 2.00. The van der Waals surface area contributed by atoms with E-state index in [0.29, 0.717) is 11.5 Å². The molecule has 0 aliphatic carbocycles. The van der Waals surface area contributed by atoms with Gasteiger partial charge in [-0.05, 0) is 24.3 Å². The Labute approximate surface area is 128 Å². The van der Waals surface area contributed by atoms with E-state index in [1.807, 2.05) is 0 Å². The summed E-state index contributed by atoms with van der Waals surface area (Å²) in [6, 6.07) is 7.75. The van der Waals surface area contributed by atoms with Crippen LogP contribution in [0.15, 0.2) is 30.3 Å². The second-order valence-corrected chi connectivity index (χ2v) is 4.49. The molecule has 116 valence electrons. The smallest absolute Gasteiger partial charge is 0.163 e. The van der Waals surface area contributed by atoms with Crippen LogP contribution in [0.5, 0.6) is 23.0 Å². The molecule has 2 aromatic rings. The lowest BCUT2D eigenvalue weighted by atomic mass is 10.1. The van der Waals surface area contributed by atoms with Crippen molar-refractivity contribution in [1.82, 2.24) is 0 Å².